The first-order chi connectivity index (χ1) is 8.40. The van der Waals surface area contributed by atoms with Crippen LogP contribution in [-0.4, -0.2) is 34.0 Å². The number of fused-ring (bicyclic) bond motifs is 2. The molecule has 0 radical (unpaired) electrons. The zero-order valence-corrected chi connectivity index (χ0v) is 10.6. The van der Waals surface area contributed by atoms with Crippen LogP contribution in [0.2, 0.25) is 0 Å². The summed E-state index contributed by atoms with van der Waals surface area (Å²) in [6.45, 7) is 5.65. The number of aliphatic hydroxyl groups excluding tert-OH is 1. The Hall–Kier alpha value is -0.870. The summed E-state index contributed by atoms with van der Waals surface area (Å²) in [4.78, 5) is 11.5. The number of hydrogen-bond acceptors (Lipinski definition) is 4. The second-order valence-corrected chi connectivity index (χ2v) is 6.28. The molecule has 0 aromatic heterocycles. The number of ether oxygens (including phenoxy) is 1. The van der Waals surface area contributed by atoms with Gasteiger partial charge in [0.15, 0.2) is 0 Å². The largest absolute Gasteiger partial charge is 0.458 e. The van der Waals surface area contributed by atoms with Gasteiger partial charge in [-0.15, -0.1) is 0 Å². The Bertz CT molecular complexity index is 401. The SMILES string of the molecule is C=C1C(=O)O[C@H]2C[C@@H](O)[C@H]3CC[C@@](C)(O)[C@@H]3C[C@H]12. The minimum absolute atomic E-state index is 0.0354. The molecular formula is C14H20O4. The lowest BCUT2D eigenvalue weighted by atomic mass is 9.79. The first kappa shape index (κ1) is 12.2. The third kappa shape index (κ3) is 1.62. The molecule has 2 N–H and O–H groups in total. The van der Waals surface area contributed by atoms with Crippen molar-refractivity contribution in [2.24, 2.45) is 17.8 Å². The molecule has 4 heteroatoms. The van der Waals surface area contributed by atoms with Gasteiger partial charge < -0.3 is 14.9 Å². The number of esters is 1. The van der Waals surface area contributed by atoms with Crippen LogP contribution in [0.15, 0.2) is 12.2 Å². The van der Waals surface area contributed by atoms with Crippen LogP contribution in [-0.2, 0) is 9.53 Å². The van der Waals surface area contributed by atoms with Gasteiger partial charge in [-0.2, -0.15) is 0 Å². The van der Waals surface area contributed by atoms with Gasteiger partial charge in [-0.25, -0.2) is 4.79 Å². The molecule has 0 aromatic carbocycles. The minimum atomic E-state index is -0.744. The Morgan fingerprint density at radius 2 is 2.17 bits per heavy atom. The molecule has 0 unspecified atom stereocenters. The molecule has 0 spiro atoms. The van der Waals surface area contributed by atoms with Crippen LogP contribution in [0.1, 0.15) is 32.6 Å². The van der Waals surface area contributed by atoms with E-state index in [2.05, 4.69) is 6.58 Å². The van der Waals surface area contributed by atoms with Crippen LogP contribution in [0.3, 0.4) is 0 Å². The maximum absolute atomic E-state index is 11.5. The summed E-state index contributed by atoms with van der Waals surface area (Å²) in [5.74, 6) is -0.217. The van der Waals surface area contributed by atoms with Crippen molar-refractivity contribution in [3.05, 3.63) is 12.2 Å². The second-order valence-electron chi connectivity index (χ2n) is 6.28. The van der Waals surface area contributed by atoms with Crippen LogP contribution in [0.25, 0.3) is 0 Å². The van der Waals surface area contributed by atoms with Crippen LogP contribution in [0.4, 0.5) is 0 Å². The zero-order chi connectivity index (χ0) is 13.1. The van der Waals surface area contributed by atoms with Crippen molar-refractivity contribution in [1.29, 1.82) is 0 Å². The van der Waals surface area contributed by atoms with Crippen molar-refractivity contribution in [3.8, 4) is 0 Å². The quantitative estimate of drug-likeness (QED) is 0.499. The van der Waals surface area contributed by atoms with Gasteiger partial charge in [0, 0.05) is 17.9 Å². The van der Waals surface area contributed by atoms with Crippen molar-refractivity contribution in [2.75, 3.05) is 0 Å². The molecular weight excluding hydrogens is 232 g/mol. The standard InChI is InChI=1S/C14H20O4/c1-7-9-5-10-8(3-4-14(10,2)17)11(15)6-12(9)18-13(7)16/h8-12,15,17H,1,3-6H2,2H3/t8-,9+,10+,11+,12-,14+/m0/s1. The summed E-state index contributed by atoms with van der Waals surface area (Å²) in [6, 6.07) is 0. The maximum atomic E-state index is 11.5. The molecule has 100 valence electrons. The van der Waals surface area contributed by atoms with E-state index >= 15 is 0 Å². The Morgan fingerprint density at radius 1 is 1.44 bits per heavy atom. The van der Waals surface area contributed by atoms with Crippen molar-refractivity contribution in [1.82, 2.24) is 0 Å². The average molecular weight is 252 g/mol. The molecule has 0 aromatic rings. The molecule has 3 fully saturated rings. The Labute approximate surface area is 107 Å². The van der Waals surface area contributed by atoms with Crippen molar-refractivity contribution < 1.29 is 19.7 Å². The number of carbonyl (C=O) groups excluding carboxylic acids is 1. The highest BCUT2D eigenvalue weighted by molar-refractivity contribution is 5.90. The first-order valence-corrected chi connectivity index (χ1v) is 6.70. The monoisotopic (exact) mass is 252 g/mol. The molecule has 1 aliphatic heterocycles. The van der Waals surface area contributed by atoms with E-state index in [-0.39, 0.29) is 29.8 Å². The van der Waals surface area contributed by atoms with Crippen LogP contribution in [0, 0.1) is 17.8 Å². The smallest absolute Gasteiger partial charge is 0.334 e. The summed E-state index contributed by atoms with van der Waals surface area (Å²) in [5, 5.41) is 20.7. The Balaban J connectivity index is 1.92. The van der Waals surface area contributed by atoms with Crippen molar-refractivity contribution >= 4 is 5.97 Å². The molecule has 2 aliphatic carbocycles. The third-order valence-electron chi connectivity index (χ3n) is 5.19. The van der Waals surface area contributed by atoms with Crippen LogP contribution >= 0.6 is 0 Å². The van der Waals surface area contributed by atoms with E-state index in [1.807, 2.05) is 6.92 Å². The van der Waals surface area contributed by atoms with Gasteiger partial charge >= 0.3 is 5.97 Å². The maximum Gasteiger partial charge on any atom is 0.334 e. The number of hydrogen-bond donors (Lipinski definition) is 2. The lowest BCUT2D eigenvalue weighted by Crippen LogP contribution is -2.35. The number of aliphatic hydroxyl groups is 2. The van der Waals surface area contributed by atoms with Gasteiger partial charge in [-0.05, 0) is 38.0 Å². The van der Waals surface area contributed by atoms with Crippen LogP contribution in [0.5, 0.6) is 0 Å². The van der Waals surface area contributed by atoms with Crippen molar-refractivity contribution in [2.45, 2.75) is 50.4 Å². The van der Waals surface area contributed by atoms with Gasteiger partial charge in [-0.3, -0.25) is 0 Å². The molecule has 2 saturated carbocycles. The fourth-order valence-corrected chi connectivity index (χ4v) is 4.06. The molecule has 3 rings (SSSR count). The van der Waals surface area contributed by atoms with E-state index in [9.17, 15) is 15.0 Å². The highest BCUT2D eigenvalue weighted by Gasteiger charge is 2.53. The Kier molecular flexibility index (Phi) is 2.58. The van der Waals surface area contributed by atoms with Crippen LogP contribution < -0.4 is 0 Å². The average Bonchev–Trinajstić information content (AvgIpc) is 2.65. The topological polar surface area (TPSA) is 66.8 Å². The zero-order valence-electron chi connectivity index (χ0n) is 10.6. The molecule has 1 heterocycles. The summed E-state index contributed by atoms with van der Waals surface area (Å²) >= 11 is 0. The number of carbonyl (C=O) groups is 1. The van der Waals surface area contributed by atoms with Gasteiger partial charge in [0.2, 0.25) is 0 Å². The first-order valence-electron chi connectivity index (χ1n) is 6.70. The normalized spacial score (nSPS) is 51.6. The van der Waals surface area contributed by atoms with E-state index in [1.165, 1.54) is 0 Å². The van der Waals surface area contributed by atoms with Gasteiger partial charge in [0.05, 0.1) is 11.7 Å². The summed E-state index contributed by atoms with van der Waals surface area (Å²) in [6.07, 6.45) is 2.01. The van der Waals surface area contributed by atoms with E-state index in [0.717, 1.165) is 12.8 Å². The number of rotatable bonds is 0. The molecule has 1 saturated heterocycles. The predicted molar refractivity (Wildman–Crippen MR) is 64.6 cm³/mol. The second kappa shape index (κ2) is 3.81. The molecule has 4 nitrogen and oxygen atoms in total. The van der Waals surface area contributed by atoms with Gasteiger partial charge in [0.25, 0.3) is 0 Å². The Morgan fingerprint density at radius 3 is 2.89 bits per heavy atom. The van der Waals surface area contributed by atoms with E-state index < -0.39 is 11.7 Å². The fourth-order valence-electron chi connectivity index (χ4n) is 4.06. The lowest BCUT2D eigenvalue weighted by Gasteiger charge is -2.30. The third-order valence-corrected chi connectivity index (χ3v) is 5.19. The summed E-state index contributed by atoms with van der Waals surface area (Å²) in [7, 11) is 0. The van der Waals surface area contributed by atoms with Crippen molar-refractivity contribution in [3.63, 3.8) is 0 Å². The minimum Gasteiger partial charge on any atom is -0.458 e. The molecule has 3 aliphatic rings. The van der Waals surface area contributed by atoms with E-state index in [4.69, 9.17) is 4.74 Å². The summed E-state index contributed by atoms with van der Waals surface area (Å²) < 4.78 is 5.28. The molecule has 6 atom stereocenters. The van der Waals surface area contributed by atoms with Gasteiger partial charge in [-0.1, -0.05) is 6.58 Å². The summed E-state index contributed by atoms with van der Waals surface area (Å²) in [5.41, 5.74) is -0.234. The lowest BCUT2D eigenvalue weighted by molar-refractivity contribution is -0.140. The van der Waals surface area contributed by atoms with Gasteiger partial charge in [0.1, 0.15) is 6.10 Å². The van der Waals surface area contributed by atoms with E-state index in [0.29, 0.717) is 18.4 Å². The molecule has 18 heavy (non-hydrogen) atoms. The highest BCUT2D eigenvalue weighted by atomic mass is 16.6. The molecule has 0 amide bonds. The van der Waals surface area contributed by atoms with E-state index in [1.54, 1.807) is 0 Å². The fraction of sp³-hybridized carbons (Fsp3) is 0.786. The molecule has 0 bridgehead atoms. The predicted octanol–water partition coefficient (Wildman–Crippen LogP) is 1.02. The highest BCUT2D eigenvalue weighted by Crippen LogP contribution is 2.51.